The molecule has 0 aromatic heterocycles. The summed E-state index contributed by atoms with van der Waals surface area (Å²) < 4.78 is 41.8. The molecule has 0 radical (unpaired) electrons. The number of hydrogen-bond acceptors (Lipinski definition) is 1. The summed E-state index contributed by atoms with van der Waals surface area (Å²) in [6.45, 7) is 2.06. The largest absolute Gasteiger partial charge is 0.394 e. The Hall–Kier alpha value is -1.29. The second kappa shape index (κ2) is 7.21. The summed E-state index contributed by atoms with van der Waals surface area (Å²) in [5.74, 6) is -1.40. The van der Waals surface area contributed by atoms with E-state index < -0.39 is 12.1 Å². The van der Waals surface area contributed by atoms with Gasteiger partial charge in [0.2, 0.25) is 0 Å². The van der Waals surface area contributed by atoms with Crippen LogP contribution < -0.4 is 0 Å². The standard InChI is InChI=1S/C14H17F3O/c1-12(14(15,16)17)7-5-6-10-18-11-13-8-3-2-4-9-13/h2-5,7-9,12H,6,10-11H2,1H3/b7-5+. The van der Waals surface area contributed by atoms with E-state index in [0.717, 1.165) is 12.5 Å². The van der Waals surface area contributed by atoms with Gasteiger partial charge in [-0.1, -0.05) is 49.4 Å². The minimum absolute atomic E-state index is 0.427. The van der Waals surface area contributed by atoms with Crippen molar-refractivity contribution in [1.29, 1.82) is 0 Å². The summed E-state index contributed by atoms with van der Waals surface area (Å²) in [6, 6.07) is 9.65. The van der Waals surface area contributed by atoms with Gasteiger partial charge in [0.25, 0.3) is 0 Å². The van der Waals surface area contributed by atoms with Gasteiger partial charge in [-0.2, -0.15) is 13.2 Å². The zero-order valence-corrected chi connectivity index (χ0v) is 10.3. The second-order valence-corrected chi connectivity index (χ2v) is 4.09. The minimum atomic E-state index is -4.15. The molecular formula is C14H17F3O. The first kappa shape index (κ1) is 14.8. The number of rotatable bonds is 6. The van der Waals surface area contributed by atoms with Crippen molar-refractivity contribution >= 4 is 0 Å². The number of alkyl halides is 3. The van der Waals surface area contributed by atoms with Gasteiger partial charge in [-0.15, -0.1) is 0 Å². The summed E-state index contributed by atoms with van der Waals surface area (Å²) in [7, 11) is 0. The van der Waals surface area contributed by atoms with Gasteiger partial charge in [-0.3, -0.25) is 0 Å². The Balaban J connectivity index is 2.14. The van der Waals surface area contributed by atoms with E-state index in [4.69, 9.17) is 4.74 Å². The average molecular weight is 258 g/mol. The van der Waals surface area contributed by atoms with Crippen molar-refractivity contribution in [2.24, 2.45) is 5.92 Å². The Bertz CT molecular complexity index is 357. The highest BCUT2D eigenvalue weighted by molar-refractivity contribution is 5.13. The van der Waals surface area contributed by atoms with Crippen LogP contribution in [0.3, 0.4) is 0 Å². The van der Waals surface area contributed by atoms with Crippen molar-refractivity contribution < 1.29 is 17.9 Å². The van der Waals surface area contributed by atoms with Crippen LogP contribution in [0.2, 0.25) is 0 Å². The van der Waals surface area contributed by atoms with Crippen LogP contribution in [-0.4, -0.2) is 12.8 Å². The van der Waals surface area contributed by atoms with Crippen LogP contribution in [-0.2, 0) is 11.3 Å². The molecule has 1 atom stereocenters. The molecule has 0 N–H and O–H groups in total. The number of allylic oxidation sites excluding steroid dienone is 1. The molecule has 4 heteroatoms. The summed E-state index contributed by atoms with van der Waals surface area (Å²) in [5.41, 5.74) is 1.06. The molecule has 0 heterocycles. The molecule has 1 aromatic carbocycles. The molecule has 0 aliphatic rings. The molecule has 18 heavy (non-hydrogen) atoms. The average Bonchev–Trinajstić information content (AvgIpc) is 2.33. The van der Waals surface area contributed by atoms with E-state index in [-0.39, 0.29) is 0 Å². The van der Waals surface area contributed by atoms with Crippen LogP contribution in [0.4, 0.5) is 13.2 Å². The van der Waals surface area contributed by atoms with Gasteiger partial charge in [0, 0.05) is 0 Å². The van der Waals surface area contributed by atoms with Crippen LogP contribution >= 0.6 is 0 Å². The second-order valence-electron chi connectivity index (χ2n) is 4.09. The van der Waals surface area contributed by atoms with E-state index in [2.05, 4.69) is 0 Å². The number of benzene rings is 1. The van der Waals surface area contributed by atoms with E-state index in [1.54, 1.807) is 0 Å². The zero-order chi connectivity index (χ0) is 13.4. The van der Waals surface area contributed by atoms with E-state index in [9.17, 15) is 13.2 Å². The lowest BCUT2D eigenvalue weighted by molar-refractivity contribution is -0.156. The summed E-state index contributed by atoms with van der Waals surface area (Å²) in [5, 5.41) is 0. The fourth-order valence-corrected chi connectivity index (χ4v) is 1.33. The van der Waals surface area contributed by atoms with Crippen LogP contribution in [0, 0.1) is 5.92 Å². The topological polar surface area (TPSA) is 9.23 Å². The molecule has 0 spiro atoms. The number of hydrogen-bond donors (Lipinski definition) is 0. The predicted molar refractivity (Wildman–Crippen MR) is 65.1 cm³/mol. The van der Waals surface area contributed by atoms with Crippen LogP contribution in [0.25, 0.3) is 0 Å². The Labute approximate surface area is 105 Å². The summed E-state index contributed by atoms with van der Waals surface area (Å²) >= 11 is 0. The lowest BCUT2D eigenvalue weighted by Gasteiger charge is -2.10. The maximum Gasteiger partial charge on any atom is 0.394 e. The van der Waals surface area contributed by atoms with Gasteiger partial charge in [-0.05, 0) is 12.0 Å². The predicted octanol–water partition coefficient (Wildman–Crippen LogP) is 4.35. The first-order valence-corrected chi connectivity index (χ1v) is 5.85. The first-order chi connectivity index (χ1) is 8.50. The third-order valence-corrected chi connectivity index (χ3v) is 2.48. The van der Waals surface area contributed by atoms with Crippen molar-refractivity contribution in [1.82, 2.24) is 0 Å². The Morgan fingerprint density at radius 3 is 2.50 bits per heavy atom. The molecule has 1 rings (SSSR count). The molecule has 0 aliphatic heterocycles. The fourth-order valence-electron chi connectivity index (χ4n) is 1.33. The third kappa shape index (κ3) is 5.87. The molecule has 0 saturated carbocycles. The van der Waals surface area contributed by atoms with E-state index >= 15 is 0 Å². The van der Waals surface area contributed by atoms with E-state index in [0.29, 0.717) is 19.6 Å². The summed E-state index contributed by atoms with van der Waals surface area (Å²) in [6.07, 6.45) is -0.969. The monoisotopic (exact) mass is 258 g/mol. The Morgan fingerprint density at radius 1 is 1.22 bits per heavy atom. The smallest absolute Gasteiger partial charge is 0.376 e. The summed E-state index contributed by atoms with van der Waals surface area (Å²) in [4.78, 5) is 0. The van der Waals surface area contributed by atoms with Gasteiger partial charge >= 0.3 is 6.18 Å². The molecule has 1 aromatic rings. The maximum atomic E-state index is 12.2. The molecule has 1 unspecified atom stereocenters. The number of ether oxygens (including phenoxy) is 1. The lowest BCUT2D eigenvalue weighted by atomic mass is 10.1. The van der Waals surface area contributed by atoms with Crippen LogP contribution in [0.1, 0.15) is 18.9 Å². The highest BCUT2D eigenvalue weighted by Gasteiger charge is 2.33. The molecule has 0 saturated heterocycles. The molecule has 0 amide bonds. The quantitative estimate of drug-likeness (QED) is 0.544. The molecule has 100 valence electrons. The van der Waals surface area contributed by atoms with Crippen molar-refractivity contribution in [3.05, 3.63) is 48.0 Å². The zero-order valence-electron chi connectivity index (χ0n) is 10.3. The van der Waals surface area contributed by atoms with Crippen molar-refractivity contribution in [2.45, 2.75) is 26.1 Å². The molecule has 0 fully saturated rings. The first-order valence-electron chi connectivity index (χ1n) is 5.85. The Morgan fingerprint density at radius 2 is 1.89 bits per heavy atom. The van der Waals surface area contributed by atoms with Crippen LogP contribution in [0.5, 0.6) is 0 Å². The van der Waals surface area contributed by atoms with Gasteiger partial charge in [0.1, 0.15) is 0 Å². The normalized spacial score (nSPS) is 14.0. The molecule has 0 aliphatic carbocycles. The van der Waals surface area contributed by atoms with Gasteiger partial charge < -0.3 is 4.74 Å². The number of halogens is 3. The van der Waals surface area contributed by atoms with Crippen molar-refractivity contribution in [3.8, 4) is 0 Å². The SMILES string of the molecule is CC(/C=C/CCOCc1ccccc1)C(F)(F)F. The third-order valence-electron chi connectivity index (χ3n) is 2.48. The molecule has 1 nitrogen and oxygen atoms in total. The van der Waals surface area contributed by atoms with Crippen molar-refractivity contribution in [2.75, 3.05) is 6.61 Å². The Kier molecular flexibility index (Phi) is 5.92. The lowest BCUT2D eigenvalue weighted by Crippen LogP contribution is -2.17. The maximum absolute atomic E-state index is 12.2. The van der Waals surface area contributed by atoms with Gasteiger partial charge in [0.15, 0.2) is 0 Å². The molecular weight excluding hydrogens is 241 g/mol. The van der Waals surface area contributed by atoms with Crippen LogP contribution in [0.15, 0.2) is 42.5 Å². The fraction of sp³-hybridized carbons (Fsp3) is 0.429. The van der Waals surface area contributed by atoms with Crippen molar-refractivity contribution in [3.63, 3.8) is 0 Å². The highest BCUT2D eigenvalue weighted by atomic mass is 19.4. The van der Waals surface area contributed by atoms with Gasteiger partial charge in [0.05, 0.1) is 19.1 Å². The molecule has 0 bridgehead atoms. The highest BCUT2D eigenvalue weighted by Crippen LogP contribution is 2.26. The van der Waals surface area contributed by atoms with Gasteiger partial charge in [-0.25, -0.2) is 0 Å². The van der Waals surface area contributed by atoms with E-state index in [1.165, 1.54) is 12.2 Å². The minimum Gasteiger partial charge on any atom is -0.376 e. The van der Waals surface area contributed by atoms with E-state index in [1.807, 2.05) is 30.3 Å².